The molecule has 138 valence electrons. The van der Waals surface area contributed by atoms with Gasteiger partial charge in [0.25, 0.3) is 0 Å². The van der Waals surface area contributed by atoms with Gasteiger partial charge in [0.15, 0.2) is 0 Å². The maximum Gasteiger partial charge on any atom is 0.307 e. The molecule has 2 heteroatoms. The molecule has 0 N–H and O–H groups in total. The Labute approximate surface area is 161 Å². The molecule has 0 unspecified atom stereocenters. The highest BCUT2D eigenvalue weighted by molar-refractivity contribution is 5.74. The lowest BCUT2D eigenvalue weighted by molar-refractivity contribution is -0.144. The number of ether oxygens (including phenoxy) is 1. The van der Waals surface area contributed by atoms with E-state index in [0.717, 1.165) is 29.5 Å². The van der Waals surface area contributed by atoms with Crippen LogP contribution in [0.2, 0.25) is 0 Å². The second-order valence-electron chi connectivity index (χ2n) is 6.75. The van der Waals surface area contributed by atoms with Crippen LogP contribution in [0.5, 0.6) is 0 Å². The van der Waals surface area contributed by atoms with E-state index in [-0.39, 0.29) is 12.4 Å². The number of esters is 1. The highest BCUT2D eigenvalue weighted by atomic mass is 16.5. The van der Waals surface area contributed by atoms with Crippen molar-refractivity contribution < 1.29 is 9.53 Å². The standard InChI is InChI=1S/C25H26O2/c1-2-3-19-27-24(26)20-25(21-13-7-4-8-14-21,22-15-9-5-10-16-22)23-17-11-6-12-18-23/h4-18H,2-3,19-20H2,1H3. The molecule has 3 aromatic rings. The Hall–Kier alpha value is -2.87. The van der Waals surface area contributed by atoms with E-state index < -0.39 is 5.41 Å². The molecule has 0 spiro atoms. The van der Waals surface area contributed by atoms with Gasteiger partial charge in [0.2, 0.25) is 0 Å². The summed E-state index contributed by atoms with van der Waals surface area (Å²) >= 11 is 0. The summed E-state index contributed by atoms with van der Waals surface area (Å²) in [6.07, 6.45) is 2.17. The average molecular weight is 358 g/mol. The van der Waals surface area contributed by atoms with Crippen LogP contribution in [0.4, 0.5) is 0 Å². The van der Waals surface area contributed by atoms with Gasteiger partial charge in [-0.25, -0.2) is 0 Å². The number of rotatable bonds is 8. The zero-order valence-electron chi connectivity index (χ0n) is 15.8. The first-order valence-corrected chi connectivity index (χ1v) is 9.59. The Bertz CT molecular complexity index is 729. The second-order valence-corrected chi connectivity index (χ2v) is 6.75. The molecule has 3 rings (SSSR count). The number of carbonyl (C=O) groups is 1. The molecule has 0 aliphatic heterocycles. The van der Waals surface area contributed by atoms with Gasteiger partial charge < -0.3 is 4.74 Å². The fourth-order valence-corrected chi connectivity index (χ4v) is 3.57. The maximum absolute atomic E-state index is 12.8. The van der Waals surface area contributed by atoms with E-state index in [4.69, 9.17) is 4.74 Å². The summed E-state index contributed by atoms with van der Waals surface area (Å²) < 4.78 is 5.56. The Balaban J connectivity index is 2.12. The number of hydrogen-bond donors (Lipinski definition) is 0. The molecule has 0 saturated carbocycles. The Morgan fingerprint density at radius 1 is 0.741 bits per heavy atom. The third-order valence-electron chi connectivity index (χ3n) is 4.97. The van der Waals surface area contributed by atoms with Crippen LogP contribution in [-0.4, -0.2) is 12.6 Å². The van der Waals surface area contributed by atoms with Crippen molar-refractivity contribution in [3.63, 3.8) is 0 Å². The van der Waals surface area contributed by atoms with Crippen molar-refractivity contribution in [2.45, 2.75) is 31.6 Å². The largest absolute Gasteiger partial charge is 0.466 e. The van der Waals surface area contributed by atoms with Gasteiger partial charge in [0.1, 0.15) is 0 Å². The molecule has 0 heterocycles. The molecule has 0 aliphatic carbocycles. The summed E-state index contributed by atoms with van der Waals surface area (Å²) in [6.45, 7) is 2.57. The summed E-state index contributed by atoms with van der Waals surface area (Å²) in [5.41, 5.74) is 2.70. The predicted molar refractivity (Wildman–Crippen MR) is 110 cm³/mol. The number of carbonyl (C=O) groups excluding carboxylic acids is 1. The third kappa shape index (κ3) is 4.28. The minimum atomic E-state index is -0.576. The van der Waals surface area contributed by atoms with Crippen LogP contribution in [0.25, 0.3) is 0 Å². The van der Waals surface area contributed by atoms with E-state index >= 15 is 0 Å². The first-order valence-electron chi connectivity index (χ1n) is 9.59. The molecule has 0 aromatic heterocycles. The van der Waals surface area contributed by atoms with Gasteiger partial charge >= 0.3 is 5.97 Å². The highest BCUT2D eigenvalue weighted by Gasteiger charge is 2.38. The predicted octanol–water partition coefficient (Wildman–Crippen LogP) is 5.75. The molecule has 27 heavy (non-hydrogen) atoms. The maximum atomic E-state index is 12.8. The Morgan fingerprint density at radius 3 is 1.52 bits per heavy atom. The van der Waals surface area contributed by atoms with E-state index in [1.54, 1.807) is 0 Å². The van der Waals surface area contributed by atoms with Crippen molar-refractivity contribution in [1.82, 2.24) is 0 Å². The monoisotopic (exact) mass is 358 g/mol. The van der Waals surface area contributed by atoms with Crippen LogP contribution in [0, 0.1) is 0 Å². The molecule has 0 amide bonds. The lowest BCUT2D eigenvalue weighted by Crippen LogP contribution is -2.33. The topological polar surface area (TPSA) is 26.3 Å². The first-order chi connectivity index (χ1) is 13.3. The summed E-state index contributed by atoms with van der Waals surface area (Å²) in [6, 6.07) is 30.7. The normalized spacial score (nSPS) is 11.1. The molecule has 0 fully saturated rings. The fraction of sp³-hybridized carbons (Fsp3) is 0.240. The lowest BCUT2D eigenvalue weighted by atomic mass is 9.67. The Morgan fingerprint density at radius 2 is 1.15 bits per heavy atom. The third-order valence-corrected chi connectivity index (χ3v) is 4.97. The van der Waals surface area contributed by atoms with Crippen LogP contribution < -0.4 is 0 Å². The van der Waals surface area contributed by atoms with Crippen LogP contribution in [0.3, 0.4) is 0 Å². The second kappa shape index (κ2) is 9.18. The molecule has 3 aromatic carbocycles. The van der Waals surface area contributed by atoms with E-state index in [9.17, 15) is 4.79 Å². The first kappa shape index (κ1) is 18.9. The molecule has 0 atom stereocenters. The number of hydrogen-bond acceptors (Lipinski definition) is 2. The number of benzene rings is 3. The summed E-state index contributed by atoms with van der Waals surface area (Å²) in [7, 11) is 0. The quantitative estimate of drug-likeness (QED) is 0.291. The van der Waals surface area contributed by atoms with Gasteiger partial charge in [-0.2, -0.15) is 0 Å². The van der Waals surface area contributed by atoms with Crippen LogP contribution >= 0.6 is 0 Å². The molecule has 0 aliphatic rings. The van der Waals surface area contributed by atoms with Gasteiger partial charge in [0.05, 0.1) is 18.4 Å². The van der Waals surface area contributed by atoms with Crippen molar-refractivity contribution >= 4 is 5.97 Å². The van der Waals surface area contributed by atoms with Crippen molar-refractivity contribution in [2.24, 2.45) is 0 Å². The van der Waals surface area contributed by atoms with Crippen molar-refractivity contribution in [2.75, 3.05) is 6.61 Å². The van der Waals surface area contributed by atoms with Crippen molar-refractivity contribution in [3.8, 4) is 0 Å². The van der Waals surface area contributed by atoms with Gasteiger partial charge in [-0.1, -0.05) is 104 Å². The zero-order chi connectivity index (χ0) is 19.0. The van der Waals surface area contributed by atoms with E-state index in [0.29, 0.717) is 6.61 Å². The summed E-state index contributed by atoms with van der Waals surface area (Å²) in [5.74, 6) is -0.167. The lowest BCUT2D eigenvalue weighted by Gasteiger charge is -2.35. The van der Waals surface area contributed by atoms with Gasteiger partial charge in [-0.15, -0.1) is 0 Å². The van der Waals surface area contributed by atoms with Crippen LogP contribution in [-0.2, 0) is 14.9 Å². The Kier molecular flexibility index (Phi) is 6.43. The van der Waals surface area contributed by atoms with Gasteiger partial charge in [-0.3, -0.25) is 4.79 Å². The molecule has 0 saturated heterocycles. The minimum absolute atomic E-state index is 0.167. The van der Waals surface area contributed by atoms with Crippen LogP contribution in [0.15, 0.2) is 91.0 Å². The molecule has 2 nitrogen and oxygen atoms in total. The SMILES string of the molecule is CCCCOC(=O)CC(c1ccccc1)(c1ccccc1)c1ccccc1. The molecule has 0 radical (unpaired) electrons. The van der Waals surface area contributed by atoms with E-state index in [1.807, 2.05) is 54.6 Å². The average Bonchev–Trinajstić information content (AvgIpc) is 2.74. The highest BCUT2D eigenvalue weighted by Crippen LogP contribution is 2.42. The van der Waals surface area contributed by atoms with Crippen LogP contribution in [0.1, 0.15) is 42.9 Å². The smallest absolute Gasteiger partial charge is 0.307 e. The number of unbranched alkanes of at least 4 members (excludes halogenated alkanes) is 1. The van der Waals surface area contributed by atoms with Crippen molar-refractivity contribution in [1.29, 1.82) is 0 Å². The minimum Gasteiger partial charge on any atom is -0.466 e. The molecular weight excluding hydrogens is 332 g/mol. The molecular formula is C25H26O2. The summed E-state index contributed by atoms with van der Waals surface area (Å²) in [4.78, 5) is 12.8. The van der Waals surface area contributed by atoms with Gasteiger partial charge in [-0.05, 0) is 23.1 Å². The zero-order valence-corrected chi connectivity index (χ0v) is 15.8. The van der Waals surface area contributed by atoms with Crippen molar-refractivity contribution in [3.05, 3.63) is 108 Å². The summed E-state index contributed by atoms with van der Waals surface area (Å²) in [5, 5.41) is 0. The fourth-order valence-electron chi connectivity index (χ4n) is 3.57. The van der Waals surface area contributed by atoms with E-state index in [2.05, 4.69) is 43.3 Å². The molecule has 0 bridgehead atoms. The van der Waals surface area contributed by atoms with E-state index in [1.165, 1.54) is 0 Å². The van der Waals surface area contributed by atoms with Gasteiger partial charge in [0, 0.05) is 0 Å².